The minimum atomic E-state index is 0.718. The highest BCUT2D eigenvalue weighted by molar-refractivity contribution is 5.21. The molecule has 1 atom stereocenters. The average molecular weight is 303 g/mol. The van der Waals surface area contributed by atoms with E-state index in [1.807, 2.05) is 19.9 Å². The monoisotopic (exact) mass is 302 g/mol. The zero-order valence-electron chi connectivity index (χ0n) is 15.9. The summed E-state index contributed by atoms with van der Waals surface area (Å²) in [6.07, 6.45) is 8.19. The molecule has 0 unspecified atom stereocenters. The van der Waals surface area contributed by atoms with Crippen LogP contribution in [0.15, 0.2) is 49.1 Å². The molecule has 0 radical (unpaired) electrons. The van der Waals surface area contributed by atoms with Crippen LogP contribution in [0.2, 0.25) is 0 Å². The molecule has 0 aliphatic rings. The van der Waals surface area contributed by atoms with Crippen LogP contribution in [0.5, 0.6) is 0 Å². The van der Waals surface area contributed by atoms with Crippen LogP contribution in [0.1, 0.15) is 71.4 Å². The highest BCUT2D eigenvalue weighted by Gasteiger charge is 1.92. The molecule has 0 aliphatic carbocycles. The molecule has 0 amide bonds. The van der Waals surface area contributed by atoms with Gasteiger partial charge in [-0.3, -0.25) is 0 Å². The molecule has 0 heteroatoms. The quantitative estimate of drug-likeness (QED) is 0.457. The summed E-state index contributed by atoms with van der Waals surface area (Å²) in [7, 11) is 0. The molecule has 0 N–H and O–H groups in total. The second-order valence-electron chi connectivity index (χ2n) is 5.80. The largest absolute Gasteiger partial charge is 0.103 e. The van der Waals surface area contributed by atoms with Gasteiger partial charge in [0.05, 0.1) is 0 Å². The van der Waals surface area contributed by atoms with Crippen molar-refractivity contribution in [3.05, 3.63) is 60.2 Å². The molecule has 0 nitrogen and oxygen atoms in total. The Labute approximate surface area is 140 Å². The number of allylic oxidation sites excluding steroid dienone is 2. The van der Waals surface area contributed by atoms with Crippen molar-refractivity contribution in [2.45, 2.75) is 73.6 Å². The van der Waals surface area contributed by atoms with E-state index in [0.717, 1.165) is 18.8 Å². The molecule has 22 heavy (non-hydrogen) atoms. The van der Waals surface area contributed by atoms with Gasteiger partial charge in [0.1, 0.15) is 0 Å². The summed E-state index contributed by atoms with van der Waals surface area (Å²) in [5.74, 6) is 0.718. The van der Waals surface area contributed by atoms with Crippen molar-refractivity contribution < 1.29 is 0 Å². The van der Waals surface area contributed by atoms with Gasteiger partial charge in [-0.25, -0.2) is 0 Å². The van der Waals surface area contributed by atoms with Gasteiger partial charge < -0.3 is 0 Å². The maximum Gasteiger partial charge on any atom is -0.0242 e. The zero-order valence-corrected chi connectivity index (χ0v) is 15.9. The smallest absolute Gasteiger partial charge is 0.0242 e. The molecule has 126 valence electrons. The van der Waals surface area contributed by atoms with E-state index in [1.54, 1.807) is 0 Å². The van der Waals surface area contributed by atoms with Gasteiger partial charge >= 0.3 is 0 Å². The third-order valence-corrected chi connectivity index (χ3v) is 3.38. The Morgan fingerprint density at radius 2 is 1.73 bits per heavy atom. The molecule has 1 aromatic rings. The first kappa shape index (κ1) is 23.0. The Hall–Kier alpha value is -1.30. The summed E-state index contributed by atoms with van der Waals surface area (Å²) in [5, 5.41) is 0. The average Bonchev–Trinajstić information content (AvgIpc) is 2.54. The van der Waals surface area contributed by atoms with Crippen molar-refractivity contribution in [3.8, 4) is 0 Å². The van der Waals surface area contributed by atoms with Crippen molar-refractivity contribution in [2.24, 2.45) is 5.92 Å². The highest BCUT2D eigenvalue weighted by Crippen LogP contribution is 2.08. The summed E-state index contributed by atoms with van der Waals surface area (Å²) >= 11 is 0. The molecule has 0 bridgehead atoms. The third-order valence-electron chi connectivity index (χ3n) is 3.38. The van der Waals surface area contributed by atoms with E-state index in [4.69, 9.17) is 0 Å². The fraction of sp³-hybridized carbons (Fsp3) is 0.545. The second-order valence-corrected chi connectivity index (χ2v) is 5.80. The Bertz CT molecular complexity index is 370. The normalized spacial score (nSPS) is 10.5. The van der Waals surface area contributed by atoms with E-state index in [-0.39, 0.29) is 0 Å². The highest BCUT2D eigenvalue weighted by atomic mass is 14.0. The van der Waals surface area contributed by atoms with E-state index in [9.17, 15) is 0 Å². The summed E-state index contributed by atoms with van der Waals surface area (Å²) in [5.41, 5.74) is 3.99. The van der Waals surface area contributed by atoms with Gasteiger partial charge in [-0.1, -0.05) is 82.0 Å². The predicted octanol–water partition coefficient (Wildman–Crippen LogP) is 7.53. The predicted molar refractivity (Wildman–Crippen MR) is 105 cm³/mol. The Morgan fingerprint density at radius 3 is 2.14 bits per heavy atom. The summed E-state index contributed by atoms with van der Waals surface area (Å²) in [4.78, 5) is 0. The lowest BCUT2D eigenvalue weighted by molar-refractivity contribution is 0.599. The van der Waals surface area contributed by atoms with Gasteiger partial charge in [0.25, 0.3) is 0 Å². The van der Waals surface area contributed by atoms with E-state index in [1.165, 1.54) is 36.0 Å². The lowest BCUT2D eigenvalue weighted by atomic mass is 10.1. The van der Waals surface area contributed by atoms with Crippen LogP contribution in [0.25, 0.3) is 0 Å². The second kappa shape index (κ2) is 16.1. The number of benzene rings is 1. The van der Waals surface area contributed by atoms with Gasteiger partial charge in [0.2, 0.25) is 0 Å². The SMILES string of the molecule is C=C(C)CCc1ccc(C)cc1.C=C[C@@H](C)CCCC.CC. The van der Waals surface area contributed by atoms with Gasteiger partial charge in [-0.15, -0.1) is 13.2 Å². The van der Waals surface area contributed by atoms with E-state index in [0.29, 0.717) is 0 Å². The topological polar surface area (TPSA) is 0 Å². The lowest BCUT2D eigenvalue weighted by Crippen LogP contribution is -1.86. The molecule has 0 aromatic heterocycles. The lowest BCUT2D eigenvalue weighted by Gasteiger charge is -2.00. The van der Waals surface area contributed by atoms with Crippen LogP contribution < -0.4 is 0 Å². The molecule has 0 saturated heterocycles. The molecular formula is C22H38. The summed E-state index contributed by atoms with van der Waals surface area (Å²) < 4.78 is 0. The van der Waals surface area contributed by atoms with Crippen LogP contribution in [0.4, 0.5) is 0 Å². The first-order chi connectivity index (χ1) is 10.5. The maximum atomic E-state index is 3.89. The zero-order chi connectivity index (χ0) is 17.4. The molecule has 0 heterocycles. The summed E-state index contributed by atoms with van der Waals surface area (Å²) in [6, 6.07) is 8.71. The number of hydrogen-bond acceptors (Lipinski definition) is 0. The minimum absolute atomic E-state index is 0.718. The van der Waals surface area contributed by atoms with Gasteiger partial charge in [-0.05, 0) is 44.6 Å². The number of aryl methyl sites for hydroxylation is 2. The number of unbranched alkanes of at least 4 members (excludes halogenated alkanes) is 1. The van der Waals surface area contributed by atoms with Crippen LogP contribution in [-0.2, 0) is 6.42 Å². The van der Waals surface area contributed by atoms with Crippen LogP contribution >= 0.6 is 0 Å². The molecule has 0 saturated carbocycles. The maximum absolute atomic E-state index is 3.89. The number of rotatable bonds is 7. The molecular weight excluding hydrogens is 264 g/mol. The molecule has 0 spiro atoms. The first-order valence-corrected chi connectivity index (χ1v) is 8.82. The fourth-order valence-electron chi connectivity index (χ4n) is 1.76. The van der Waals surface area contributed by atoms with E-state index < -0.39 is 0 Å². The molecule has 1 aromatic carbocycles. The Morgan fingerprint density at radius 1 is 1.18 bits per heavy atom. The Balaban J connectivity index is 0. The van der Waals surface area contributed by atoms with Gasteiger partial charge in [-0.2, -0.15) is 0 Å². The van der Waals surface area contributed by atoms with Crippen LogP contribution in [0, 0.1) is 12.8 Å². The first-order valence-electron chi connectivity index (χ1n) is 8.82. The van der Waals surface area contributed by atoms with Crippen molar-refractivity contribution in [1.29, 1.82) is 0 Å². The van der Waals surface area contributed by atoms with Crippen molar-refractivity contribution >= 4 is 0 Å². The van der Waals surface area contributed by atoms with Crippen molar-refractivity contribution in [2.75, 3.05) is 0 Å². The number of hydrogen-bond donors (Lipinski definition) is 0. The third kappa shape index (κ3) is 15.1. The molecule has 0 fully saturated rings. The van der Waals surface area contributed by atoms with Crippen molar-refractivity contribution in [1.82, 2.24) is 0 Å². The molecule has 1 rings (SSSR count). The van der Waals surface area contributed by atoms with E-state index in [2.05, 4.69) is 65.1 Å². The van der Waals surface area contributed by atoms with Crippen LogP contribution in [-0.4, -0.2) is 0 Å². The summed E-state index contributed by atoms with van der Waals surface area (Å²) in [6.45, 7) is 20.2. The standard InChI is InChI=1S/C12H16.C8H16.C2H6/c1-10(2)4-7-12-8-5-11(3)6-9-12;1-4-6-7-8(3)5-2;1-2/h5-6,8-9H,1,4,7H2,2-3H3;5,8H,2,4,6-7H2,1,3H3;1-2H3/t;8-;/m.1./s1. The van der Waals surface area contributed by atoms with Gasteiger partial charge in [0.15, 0.2) is 0 Å². The van der Waals surface area contributed by atoms with Crippen LogP contribution in [0.3, 0.4) is 0 Å². The van der Waals surface area contributed by atoms with E-state index >= 15 is 0 Å². The van der Waals surface area contributed by atoms with Crippen molar-refractivity contribution in [3.63, 3.8) is 0 Å². The fourth-order valence-corrected chi connectivity index (χ4v) is 1.76. The van der Waals surface area contributed by atoms with Gasteiger partial charge in [0, 0.05) is 0 Å². The Kier molecular flexibility index (Phi) is 16.8. The molecule has 0 aliphatic heterocycles. The minimum Gasteiger partial charge on any atom is -0.103 e.